The Morgan fingerprint density at radius 2 is 1.79 bits per heavy atom. The number of rotatable bonds is 5. The summed E-state index contributed by atoms with van der Waals surface area (Å²) in [6.45, 7) is 6.73. The fourth-order valence-electron chi connectivity index (χ4n) is 3.51. The van der Waals surface area contributed by atoms with Gasteiger partial charge in [-0.25, -0.2) is 0 Å². The van der Waals surface area contributed by atoms with Crippen LogP contribution in [-0.4, -0.2) is 53.8 Å². The number of hydrogen-bond acceptors (Lipinski definition) is 5. The van der Waals surface area contributed by atoms with E-state index in [1.165, 1.54) is 12.8 Å². The predicted molar refractivity (Wildman–Crippen MR) is 109 cm³/mol. The molecule has 7 heteroatoms. The molecule has 2 fully saturated rings. The highest BCUT2D eigenvalue weighted by molar-refractivity contribution is 6.32. The fraction of sp³-hybridized carbons (Fsp3) is 0.476. The van der Waals surface area contributed by atoms with Crippen LogP contribution in [-0.2, 0) is 4.79 Å². The van der Waals surface area contributed by atoms with Gasteiger partial charge in [-0.1, -0.05) is 11.6 Å². The largest absolute Gasteiger partial charge is 0.484 e. The average molecular weight is 401 g/mol. The molecule has 0 radical (unpaired) electrons. The van der Waals surface area contributed by atoms with Crippen LogP contribution < -0.4 is 9.64 Å². The first-order chi connectivity index (χ1) is 13.5. The Balaban J connectivity index is 1.27. The highest BCUT2D eigenvalue weighted by Crippen LogP contribution is 2.38. The molecule has 1 saturated carbocycles. The van der Waals surface area contributed by atoms with E-state index in [1.807, 2.05) is 36.9 Å². The molecule has 4 rings (SSSR count). The highest BCUT2D eigenvalue weighted by atomic mass is 35.5. The van der Waals surface area contributed by atoms with Crippen LogP contribution in [0.1, 0.15) is 35.6 Å². The van der Waals surface area contributed by atoms with Crippen molar-refractivity contribution in [3.8, 4) is 5.75 Å². The van der Waals surface area contributed by atoms with E-state index in [1.54, 1.807) is 0 Å². The maximum absolute atomic E-state index is 12.5. The number of ether oxygens (including phenoxy) is 1. The maximum Gasteiger partial charge on any atom is 0.260 e. The second-order valence-corrected chi connectivity index (χ2v) is 8.00. The molecule has 0 atom stereocenters. The predicted octanol–water partition coefficient (Wildman–Crippen LogP) is 3.35. The summed E-state index contributed by atoms with van der Waals surface area (Å²) < 4.78 is 5.70. The zero-order chi connectivity index (χ0) is 19.7. The van der Waals surface area contributed by atoms with Crippen LogP contribution in [0, 0.1) is 13.8 Å². The Kier molecular flexibility index (Phi) is 5.40. The molecule has 6 nitrogen and oxygen atoms in total. The summed E-state index contributed by atoms with van der Waals surface area (Å²) in [7, 11) is 0. The summed E-state index contributed by atoms with van der Waals surface area (Å²) in [6.07, 6.45) is 2.46. The van der Waals surface area contributed by atoms with E-state index in [9.17, 15) is 4.79 Å². The van der Waals surface area contributed by atoms with Crippen molar-refractivity contribution in [2.45, 2.75) is 32.6 Å². The third-order valence-corrected chi connectivity index (χ3v) is 5.99. The molecule has 2 heterocycles. The second-order valence-electron chi connectivity index (χ2n) is 7.62. The molecule has 0 spiro atoms. The van der Waals surface area contributed by atoms with Crippen LogP contribution in [0.2, 0.25) is 5.02 Å². The van der Waals surface area contributed by atoms with Crippen molar-refractivity contribution in [2.75, 3.05) is 37.7 Å². The van der Waals surface area contributed by atoms with Gasteiger partial charge in [0, 0.05) is 37.1 Å². The molecular weight excluding hydrogens is 376 g/mol. The van der Waals surface area contributed by atoms with Crippen LogP contribution in [0.5, 0.6) is 5.75 Å². The minimum atomic E-state index is 0.0000663. The first-order valence-electron chi connectivity index (χ1n) is 9.77. The van der Waals surface area contributed by atoms with E-state index in [0.29, 0.717) is 24.8 Å². The molecule has 1 aromatic heterocycles. The zero-order valence-corrected chi connectivity index (χ0v) is 17.1. The van der Waals surface area contributed by atoms with Crippen LogP contribution in [0.15, 0.2) is 24.3 Å². The van der Waals surface area contributed by atoms with E-state index in [0.717, 1.165) is 40.8 Å². The summed E-state index contributed by atoms with van der Waals surface area (Å²) in [5.74, 6) is 2.18. The maximum atomic E-state index is 12.5. The number of carbonyl (C=O) groups excluding carboxylic acids is 1. The Hall–Kier alpha value is -2.34. The number of hydrogen-bond donors (Lipinski definition) is 0. The number of amides is 1. The lowest BCUT2D eigenvalue weighted by atomic mass is 10.1. The van der Waals surface area contributed by atoms with Gasteiger partial charge in [0.2, 0.25) is 0 Å². The fourth-order valence-corrected chi connectivity index (χ4v) is 3.62. The van der Waals surface area contributed by atoms with E-state index < -0.39 is 0 Å². The Bertz CT molecular complexity index is 836. The summed E-state index contributed by atoms with van der Waals surface area (Å²) in [5, 5.41) is 9.46. The molecule has 1 aromatic carbocycles. The van der Waals surface area contributed by atoms with Crippen LogP contribution in [0.4, 0.5) is 5.82 Å². The van der Waals surface area contributed by atoms with E-state index in [4.69, 9.17) is 16.3 Å². The summed E-state index contributed by atoms with van der Waals surface area (Å²) in [5.41, 5.74) is 3.00. The summed E-state index contributed by atoms with van der Waals surface area (Å²) >= 11 is 6.18. The lowest BCUT2D eigenvalue weighted by Crippen LogP contribution is -2.50. The van der Waals surface area contributed by atoms with Gasteiger partial charge >= 0.3 is 0 Å². The van der Waals surface area contributed by atoms with Crippen LogP contribution in [0.3, 0.4) is 0 Å². The molecule has 0 bridgehead atoms. The van der Waals surface area contributed by atoms with Gasteiger partial charge in [-0.3, -0.25) is 4.79 Å². The van der Waals surface area contributed by atoms with Crippen molar-refractivity contribution in [1.29, 1.82) is 0 Å². The van der Waals surface area contributed by atoms with Crippen molar-refractivity contribution in [1.82, 2.24) is 15.1 Å². The Morgan fingerprint density at radius 1 is 1.11 bits per heavy atom. The van der Waals surface area contributed by atoms with Gasteiger partial charge in [0.15, 0.2) is 12.4 Å². The number of anilines is 1. The Morgan fingerprint density at radius 3 is 2.36 bits per heavy atom. The molecule has 1 aliphatic carbocycles. The number of aryl methyl sites for hydroxylation is 2. The Labute approximate surface area is 170 Å². The van der Waals surface area contributed by atoms with Crippen molar-refractivity contribution in [3.05, 3.63) is 46.1 Å². The number of halogens is 1. The smallest absolute Gasteiger partial charge is 0.260 e. The number of carbonyl (C=O) groups is 1. The minimum Gasteiger partial charge on any atom is -0.484 e. The van der Waals surface area contributed by atoms with Gasteiger partial charge < -0.3 is 14.5 Å². The topological polar surface area (TPSA) is 58.6 Å². The molecule has 1 saturated heterocycles. The number of benzene rings is 1. The molecule has 2 aliphatic rings. The van der Waals surface area contributed by atoms with E-state index in [-0.39, 0.29) is 12.5 Å². The average Bonchev–Trinajstić information content (AvgIpc) is 3.56. The van der Waals surface area contributed by atoms with Gasteiger partial charge in [0.25, 0.3) is 5.91 Å². The minimum absolute atomic E-state index is 0.0000663. The van der Waals surface area contributed by atoms with Gasteiger partial charge in [0.05, 0.1) is 5.69 Å². The summed E-state index contributed by atoms with van der Waals surface area (Å²) in [4.78, 5) is 16.5. The third-order valence-electron chi connectivity index (χ3n) is 5.40. The molecule has 0 unspecified atom stereocenters. The van der Waals surface area contributed by atoms with Crippen LogP contribution >= 0.6 is 11.6 Å². The van der Waals surface area contributed by atoms with Gasteiger partial charge in [0.1, 0.15) is 5.75 Å². The molecular formula is C21H25ClN4O2. The van der Waals surface area contributed by atoms with Gasteiger partial charge in [-0.2, -0.15) is 5.10 Å². The highest BCUT2D eigenvalue weighted by Gasteiger charge is 2.26. The van der Waals surface area contributed by atoms with E-state index >= 15 is 0 Å². The second kappa shape index (κ2) is 7.95. The molecule has 1 aliphatic heterocycles. The number of aromatic nitrogens is 2. The van der Waals surface area contributed by atoms with Gasteiger partial charge in [-0.15, -0.1) is 5.10 Å². The standard InChI is InChI=1S/C21H25ClN4O2/c1-14-11-17(12-15(2)21(14)22)28-13-20(27)26-9-7-25(8-10-26)19-6-5-18(23-24-19)16-3-4-16/h5-6,11-12,16H,3-4,7-10,13H2,1-2H3. The van der Waals surface area contributed by atoms with Crippen LogP contribution in [0.25, 0.3) is 0 Å². The molecule has 0 N–H and O–H groups in total. The van der Waals surface area contributed by atoms with Crippen molar-refractivity contribution in [2.24, 2.45) is 0 Å². The quantitative estimate of drug-likeness (QED) is 0.770. The molecule has 148 valence electrons. The normalized spacial score (nSPS) is 17.0. The molecule has 2 aromatic rings. The molecule has 28 heavy (non-hydrogen) atoms. The first kappa shape index (κ1) is 19.0. The monoisotopic (exact) mass is 400 g/mol. The lowest BCUT2D eigenvalue weighted by molar-refractivity contribution is -0.133. The first-order valence-corrected chi connectivity index (χ1v) is 10.1. The van der Waals surface area contributed by atoms with Crippen molar-refractivity contribution in [3.63, 3.8) is 0 Å². The third kappa shape index (κ3) is 4.22. The SMILES string of the molecule is Cc1cc(OCC(=O)N2CCN(c3ccc(C4CC4)nn3)CC2)cc(C)c1Cl. The number of nitrogens with zero attached hydrogens (tertiary/aromatic N) is 4. The van der Waals surface area contributed by atoms with Gasteiger partial charge in [-0.05, 0) is 62.1 Å². The van der Waals surface area contributed by atoms with Crippen molar-refractivity contribution >= 4 is 23.3 Å². The zero-order valence-electron chi connectivity index (χ0n) is 16.3. The number of piperazine rings is 1. The summed E-state index contributed by atoms with van der Waals surface area (Å²) in [6, 6.07) is 7.86. The van der Waals surface area contributed by atoms with E-state index in [2.05, 4.69) is 21.2 Å². The molecule has 1 amide bonds. The van der Waals surface area contributed by atoms with Crippen molar-refractivity contribution < 1.29 is 9.53 Å². The lowest BCUT2D eigenvalue weighted by Gasteiger charge is -2.35.